The number of furan rings is 1. The highest BCUT2D eigenvalue weighted by Crippen LogP contribution is 2.33. The largest absolute Gasteiger partial charge is 0.464 e. The molecular weight excluding hydrogens is 306 g/mol. The number of fused-ring (bicyclic) bond motifs is 1. The molecule has 0 aliphatic rings. The van der Waals surface area contributed by atoms with Crippen LogP contribution in [0, 0.1) is 18.3 Å². The molecule has 0 aliphatic heterocycles. The Morgan fingerprint density at radius 2 is 2.21 bits per heavy atom. The molecule has 0 amide bonds. The lowest BCUT2D eigenvalue weighted by atomic mass is 10.1. The average Bonchev–Trinajstić information content (AvgIpc) is 3.11. The van der Waals surface area contributed by atoms with Crippen LogP contribution in [0.1, 0.15) is 34.3 Å². The van der Waals surface area contributed by atoms with Crippen molar-refractivity contribution in [3.05, 3.63) is 47.0 Å². The number of carbonyl (C=O) groups excluding carboxylic acids is 1. The van der Waals surface area contributed by atoms with E-state index in [-0.39, 0.29) is 16.9 Å². The lowest BCUT2D eigenvalue weighted by Crippen LogP contribution is -2.11. The first-order valence-corrected chi connectivity index (χ1v) is 7.54. The standard InChI is InChI=1S/C18H17N3O3/c1-4-14-10(2)12-6-5-7-13(17(12)24-14)21-9-11(8-19)15(20)16(21)18(22)23-3/h5-7,9H,4,20H2,1-3H3. The van der Waals surface area contributed by atoms with Crippen LogP contribution in [-0.4, -0.2) is 17.6 Å². The summed E-state index contributed by atoms with van der Waals surface area (Å²) in [6, 6.07) is 7.66. The van der Waals surface area contributed by atoms with Crippen molar-refractivity contribution in [2.24, 2.45) is 0 Å². The zero-order valence-corrected chi connectivity index (χ0v) is 13.7. The number of esters is 1. The van der Waals surface area contributed by atoms with Gasteiger partial charge in [-0.3, -0.25) is 0 Å². The number of hydrogen-bond donors (Lipinski definition) is 1. The van der Waals surface area contributed by atoms with Crippen LogP contribution in [0.5, 0.6) is 0 Å². The third-order valence-corrected chi connectivity index (χ3v) is 4.17. The molecule has 0 radical (unpaired) electrons. The molecule has 6 nitrogen and oxygen atoms in total. The Bertz CT molecular complexity index is 989. The Kier molecular flexibility index (Phi) is 3.78. The van der Waals surface area contributed by atoms with Crippen molar-refractivity contribution in [2.75, 3.05) is 12.8 Å². The van der Waals surface area contributed by atoms with E-state index in [0.717, 1.165) is 23.1 Å². The number of carbonyl (C=O) groups is 1. The molecule has 3 rings (SSSR count). The third-order valence-electron chi connectivity index (χ3n) is 4.17. The number of para-hydroxylation sites is 1. The molecule has 0 saturated carbocycles. The van der Waals surface area contributed by atoms with Gasteiger partial charge in [-0.15, -0.1) is 0 Å². The lowest BCUT2D eigenvalue weighted by Gasteiger charge is -2.09. The molecule has 2 N–H and O–H groups in total. The second-order valence-electron chi connectivity index (χ2n) is 5.44. The van der Waals surface area contributed by atoms with Crippen LogP contribution in [0.4, 0.5) is 5.69 Å². The fourth-order valence-corrected chi connectivity index (χ4v) is 2.91. The van der Waals surface area contributed by atoms with Gasteiger partial charge < -0.3 is 19.5 Å². The van der Waals surface area contributed by atoms with E-state index >= 15 is 0 Å². The van der Waals surface area contributed by atoms with E-state index in [4.69, 9.17) is 14.9 Å². The smallest absolute Gasteiger partial charge is 0.357 e. The fourth-order valence-electron chi connectivity index (χ4n) is 2.91. The maximum Gasteiger partial charge on any atom is 0.357 e. The number of anilines is 1. The third kappa shape index (κ3) is 2.14. The molecular formula is C18H17N3O3. The van der Waals surface area contributed by atoms with Crippen LogP contribution in [0.25, 0.3) is 16.7 Å². The van der Waals surface area contributed by atoms with Crippen molar-refractivity contribution < 1.29 is 13.9 Å². The Hall–Kier alpha value is -3.20. The molecule has 2 heterocycles. The number of benzene rings is 1. The Morgan fingerprint density at radius 1 is 1.46 bits per heavy atom. The maximum absolute atomic E-state index is 12.2. The van der Waals surface area contributed by atoms with E-state index in [1.807, 2.05) is 38.1 Å². The van der Waals surface area contributed by atoms with Gasteiger partial charge in [-0.2, -0.15) is 5.26 Å². The van der Waals surface area contributed by atoms with E-state index in [9.17, 15) is 10.1 Å². The first kappa shape index (κ1) is 15.7. The second kappa shape index (κ2) is 5.78. The topological polar surface area (TPSA) is 94.2 Å². The summed E-state index contributed by atoms with van der Waals surface area (Å²) in [6.45, 7) is 4.02. The van der Waals surface area contributed by atoms with E-state index in [1.165, 1.54) is 13.3 Å². The molecule has 0 spiro atoms. The quantitative estimate of drug-likeness (QED) is 0.746. The highest BCUT2D eigenvalue weighted by atomic mass is 16.5. The van der Waals surface area contributed by atoms with E-state index in [1.54, 1.807) is 4.57 Å². The summed E-state index contributed by atoms with van der Waals surface area (Å²) in [5.74, 6) is 0.280. The van der Waals surface area contributed by atoms with E-state index in [0.29, 0.717) is 11.3 Å². The fraction of sp³-hybridized carbons (Fsp3) is 0.222. The number of methoxy groups -OCH3 is 1. The van der Waals surface area contributed by atoms with Gasteiger partial charge in [0.1, 0.15) is 11.8 Å². The number of rotatable bonds is 3. The van der Waals surface area contributed by atoms with Gasteiger partial charge in [-0.1, -0.05) is 19.1 Å². The zero-order valence-electron chi connectivity index (χ0n) is 13.7. The minimum atomic E-state index is -0.606. The number of ether oxygens (including phenoxy) is 1. The summed E-state index contributed by atoms with van der Waals surface area (Å²) >= 11 is 0. The molecule has 2 aromatic heterocycles. The van der Waals surface area contributed by atoms with Gasteiger partial charge in [0.15, 0.2) is 11.3 Å². The summed E-state index contributed by atoms with van der Waals surface area (Å²) in [4.78, 5) is 12.2. The SMILES string of the molecule is CCc1oc2c(-n3cc(C#N)c(N)c3C(=O)OC)cccc2c1C. The molecule has 3 aromatic rings. The van der Waals surface area contributed by atoms with Gasteiger partial charge in [0.2, 0.25) is 0 Å². The number of nitrogens with zero attached hydrogens (tertiary/aromatic N) is 2. The van der Waals surface area contributed by atoms with Crippen LogP contribution in [0.2, 0.25) is 0 Å². The lowest BCUT2D eigenvalue weighted by molar-refractivity contribution is 0.0593. The molecule has 122 valence electrons. The zero-order chi connectivity index (χ0) is 17.4. The van der Waals surface area contributed by atoms with Crippen molar-refractivity contribution in [3.8, 4) is 11.8 Å². The second-order valence-corrected chi connectivity index (χ2v) is 5.44. The summed E-state index contributed by atoms with van der Waals surface area (Å²) < 4.78 is 12.4. The van der Waals surface area contributed by atoms with Gasteiger partial charge >= 0.3 is 5.97 Å². The summed E-state index contributed by atoms with van der Waals surface area (Å²) in [7, 11) is 1.28. The van der Waals surface area contributed by atoms with Crippen LogP contribution >= 0.6 is 0 Å². The van der Waals surface area contributed by atoms with Crippen LogP contribution < -0.4 is 5.73 Å². The Labute approximate surface area is 139 Å². The number of nitrogen functional groups attached to an aromatic ring is 1. The van der Waals surface area contributed by atoms with Gasteiger partial charge in [0.05, 0.1) is 24.0 Å². The highest BCUT2D eigenvalue weighted by Gasteiger charge is 2.24. The number of nitrogens with two attached hydrogens (primary N) is 1. The van der Waals surface area contributed by atoms with Gasteiger partial charge in [0, 0.05) is 18.0 Å². The van der Waals surface area contributed by atoms with E-state index < -0.39 is 5.97 Å². The van der Waals surface area contributed by atoms with Crippen molar-refractivity contribution in [2.45, 2.75) is 20.3 Å². The first-order valence-electron chi connectivity index (χ1n) is 7.54. The Morgan fingerprint density at radius 3 is 2.83 bits per heavy atom. The molecule has 0 unspecified atom stereocenters. The molecule has 0 bridgehead atoms. The normalized spacial score (nSPS) is 10.8. The summed E-state index contributed by atoms with van der Waals surface area (Å²) in [5, 5.41) is 10.2. The average molecular weight is 323 g/mol. The number of aryl methyl sites for hydroxylation is 2. The predicted octanol–water partition coefficient (Wildman–Crippen LogP) is 3.33. The van der Waals surface area contributed by atoms with Crippen LogP contribution in [0.3, 0.4) is 0 Å². The van der Waals surface area contributed by atoms with Crippen molar-refractivity contribution >= 4 is 22.6 Å². The van der Waals surface area contributed by atoms with Crippen molar-refractivity contribution in [3.63, 3.8) is 0 Å². The number of hydrogen-bond acceptors (Lipinski definition) is 5. The summed E-state index contributed by atoms with van der Waals surface area (Å²) in [5.41, 5.74) is 8.75. The highest BCUT2D eigenvalue weighted by molar-refractivity contribution is 5.97. The molecule has 0 saturated heterocycles. The monoisotopic (exact) mass is 323 g/mol. The number of aromatic nitrogens is 1. The van der Waals surface area contributed by atoms with Gasteiger partial charge in [-0.05, 0) is 18.6 Å². The minimum absolute atomic E-state index is 0.0975. The number of nitriles is 1. The van der Waals surface area contributed by atoms with Gasteiger partial charge in [0.25, 0.3) is 0 Å². The molecule has 0 fully saturated rings. The molecule has 24 heavy (non-hydrogen) atoms. The first-order chi connectivity index (χ1) is 11.5. The molecule has 0 aliphatic carbocycles. The molecule has 1 aromatic carbocycles. The maximum atomic E-state index is 12.2. The predicted molar refractivity (Wildman–Crippen MR) is 90.1 cm³/mol. The van der Waals surface area contributed by atoms with Crippen molar-refractivity contribution in [1.29, 1.82) is 5.26 Å². The summed E-state index contributed by atoms with van der Waals surface area (Å²) in [6.07, 6.45) is 2.29. The van der Waals surface area contributed by atoms with Crippen molar-refractivity contribution in [1.82, 2.24) is 4.57 Å². The Balaban J connectivity index is 2.36. The van der Waals surface area contributed by atoms with Crippen LogP contribution in [-0.2, 0) is 11.2 Å². The molecule has 6 heteroatoms. The molecule has 0 atom stereocenters. The minimum Gasteiger partial charge on any atom is -0.464 e. The van der Waals surface area contributed by atoms with Gasteiger partial charge in [-0.25, -0.2) is 4.79 Å². The van der Waals surface area contributed by atoms with E-state index in [2.05, 4.69) is 0 Å². The van der Waals surface area contributed by atoms with Crippen LogP contribution in [0.15, 0.2) is 28.8 Å².